The van der Waals surface area contributed by atoms with Crippen LogP contribution in [0.15, 0.2) is 71.9 Å². The molecule has 0 aromatic carbocycles. The highest BCUT2D eigenvalue weighted by molar-refractivity contribution is 5.94. The molecule has 5 rings (SSSR count). The smallest absolute Gasteiger partial charge is 0.255 e. The lowest BCUT2D eigenvalue weighted by molar-refractivity contribution is 0.0787. The van der Waals surface area contributed by atoms with E-state index in [4.69, 9.17) is 9.26 Å². The fraction of sp³-hybridized carbons (Fsp3) is 0.217. The number of hydrogen-bond acceptors (Lipinski definition) is 8. The number of nitrogens with zero attached hydrogens (tertiary/aromatic N) is 6. The number of aromatic nitrogens is 5. The van der Waals surface area contributed by atoms with Crippen molar-refractivity contribution in [1.82, 2.24) is 30.0 Å². The van der Waals surface area contributed by atoms with E-state index < -0.39 is 0 Å². The lowest BCUT2D eigenvalue weighted by Crippen LogP contribution is -2.29. The molecule has 2 atom stereocenters. The maximum Gasteiger partial charge on any atom is 0.255 e. The van der Waals surface area contributed by atoms with Crippen molar-refractivity contribution in [1.29, 1.82) is 0 Å². The number of carbonyl (C=O) groups is 1. The van der Waals surface area contributed by atoms with E-state index in [0.717, 1.165) is 11.1 Å². The second-order valence-corrected chi connectivity index (χ2v) is 7.49. The topological polar surface area (TPSA) is 107 Å². The maximum absolute atomic E-state index is 13.2. The van der Waals surface area contributed by atoms with Crippen LogP contribution in [0.2, 0.25) is 0 Å². The Morgan fingerprint density at radius 3 is 2.59 bits per heavy atom. The van der Waals surface area contributed by atoms with Gasteiger partial charge in [0.25, 0.3) is 5.91 Å². The Morgan fingerprint density at radius 1 is 1.03 bits per heavy atom. The van der Waals surface area contributed by atoms with Crippen molar-refractivity contribution in [2.75, 3.05) is 20.2 Å². The summed E-state index contributed by atoms with van der Waals surface area (Å²) in [6.07, 6.45) is 8.45. The van der Waals surface area contributed by atoms with Gasteiger partial charge in [-0.25, -0.2) is 4.98 Å². The van der Waals surface area contributed by atoms with E-state index >= 15 is 0 Å². The molecule has 1 fully saturated rings. The number of pyridine rings is 3. The highest BCUT2D eigenvalue weighted by atomic mass is 16.5. The van der Waals surface area contributed by atoms with Gasteiger partial charge in [0.1, 0.15) is 0 Å². The quantitative estimate of drug-likeness (QED) is 0.478. The number of likely N-dealkylation sites (tertiary alicyclic amines) is 1. The largest absolute Gasteiger partial charge is 0.481 e. The van der Waals surface area contributed by atoms with Gasteiger partial charge in [-0.1, -0.05) is 11.2 Å². The van der Waals surface area contributed by atoms with Crippen molar-refractivity contribution in [3.8, 4) is 17.3 Å². The number of ether oxygens (including phenoxy) is 1. The summed E-state index contributed by atoms with van der Waals surface area (Å²) in [6.45, 7) is 0.955. The van der Waals surface area contributed by atoms with Crippen LogP contribution in [0, 0.1) is 0 Å². The van der Waals surface area contributed by atoms with E-state index in [-0.39, 0.29) is 17.7 Å². The summed E-state index contributed by atoms with van der Waals surface area (Å²) in [5, 5.41) is 4.15. The summed E-state index contributed by atoms with van der Waals surface area (Å²) in [7, 11) is 1.54. The zero-order valence-corrected chi connectivity index (χ0v) is 17.3. The van der Waals surface area contributed by atoms with Crippen LogP contribution in [0.25, 0.3) is 11.4 Å². The number of rotatable bonds is 5. The monoisotopic (exact) mass is 428 g/mol. The molecule has 0 unspecified atom stereocenters. The Morgan fingerprint density at radius 2 is 1.88 bits per heavy atom. The predicted octanol–water partition coefficient (Wildman–Crippen LogP) is 2.95. The Hall–Kier alpha value is -4.14. The normalized spacial score (nSPS) is 18.0. The predicted molar refractivity (Wildman–Crippen MR) is 114 cm³/mol. The minimum Gasteiger partial charge on any atom is -0.481 e. The first kappa shape index (κ1) is 19.8. The molecule has 1 saturated heterocycles. The van der Waals surface area contributed by atoms with Crippen LogP contribution in [0.1, 0.15) is 33.6 Å². The van der Waals surface area contributed by atoms with E-state index in [1.165, 1.54) is 13.3 Å². The van der Waals surface area contributed by atoms with Crippen LogP contribution in [0.3, 0.4) is 0 Å². The fourth-order valence-corrected chi connectivity index (χ4v) is 3.97. The third kappa shape index (κ3) is 3.80. The summed E-state index contributed by atoms with van der Waals surface area (Å²) < 4.78 is 10.7. The zero-order valence-electron chi connectivity index (χ0n) is 17.3. The van der Waals surface area contributed by atoms with E-state index in [1.54, 1.807) is 35.6 Å². The van der Waals surface area contributed by atoms with Crippen LogP contribution in [-0.2, 0) is 0 Å². The average molecular weight is 428 g/mol. The molecular formula is C23H20N6O3. The molecule has 0 N–H and O–H groups in total. The fourth-order valence-electron chi connectivity index (χ4n) is 3.97. The van der Waals surface area contributed by atoms with Gasteiger partial charge in [0, 0.05) is 61.6 Å². The molecule has 9 nitrogen and oxygen atoms in total. The summed E-state index contributed by atoms with van der Waals surface area (Å²) in [5.41, 5.74) is 2.34. The van der Waals surface area contributed by atoms with Crippen molar-refractivity contribution in [3.63, 3.8) is 0 Å². The van der Waals surface area contributed by atoms with Crippen molar-refractivity contribution in [2.24, 2.45) is 0 Å². The minimum absolute atomic E-state index is 0.0235. The van der Waals surface area contributed by atoms with Crippen LogP contribution < -0.4 is 4.74 Å². The van der Waals surface area contributed by atoms with Gasteiger partial charge in [0.2, 0.25) is 17.6 Å². The van der Waals surface area contributed by atoms with Gasteiger partial charge in [-0.3, -0.25) is 14.8 Å². The first-order chi connectivity index (χ1) is 15.7. The maximum atomic E-state index is 13.2. The Labute approximate surface area is 184 Å². The molecule has 0 spiro atoms. The summed E-state index contributed by atoms with van der Waals surface area (Å²) >= 11 is 0. The third-order valence-electron chi connectivity index (χ3n) is 5.61. The number of methoxy groups -OCH3 is 1. The molecule has 1 amide bonds. The van der Waals surface area contributed by atoms with Gasteiger partial charge in [0.15, 0.2) is 0 Å². The van der Waals surface area contributed by atoms with Crippen LogP contribution >= 0.6 is 0 Å². The standard InChI is InChI=1S/C23H20N6O3/c1-31-20-5-4-17(12-26-20)23(30)29-13-18(16-3-2-8-25-11-16)19(14-29)22-27-21(28-32-22)15-6-9-24-10-7-15/h2-12,18-19H,13-14H2,1H3/t18-,19+/m0/s1. The summed E-state index contributed by atoms with van der Waals surface area (Å²) in [6, 6.07) is 10.9. The second kappa shape index (κ2) is 8.54. The van der Waals surface area contributed by atoms with Gasteiger partial charge < -0.3 is 14.2 Å². The van der Waals surface area contributed by atoms with Gasteiger partial charge >= 0.3 is 0 Å². The highest BCUT2D eigenvalue weighted by Gasteiger charge is 2.40. The SMILES string of the molecule is COc1ccc(C(=O)N2C[C@@H](c3cccnc3)[C@H](c3nc(-c4ccncc4)no3)C2)cn1. The molecule has 32 heavy (non-hydrogen) atoms. The van der Waals surface area contributed by atoms with Crippen molar-refractivity contribution < 1.29 is 14.1 Å². The Bertz CT molecular complexity index is 1200. The first-order valence-corrected chi connectivity index (χ1v) is 10.2. The van der Waals surface area contributed by atoms with Gasteiger partial charge in [-0.05, 0) is 29.8 Å². The molecule has 9 heteroatoms. The van der Waals surface area contributed by atoms with Gasteiger partial charge in [-0.2, -0.15) is 4.98 Å². The van der Waals surface area contributed by atoms with Gasteiger partial charge in [0.05, 0.1) is 18.6 Å². The molecule has 4 aromatic rings. The van der Waals surface area contributed by atoms with E-state index in [9.17, 15) is 4.79 Å². The zero-order chi connectivity index (χ0) is 21.9. The van der Waals surface area contributed by atoms with Crippen molar-refractivity contribution in [2.45, 2.75) is 11.8 Å². The molecule has 4 aromatic heterocycles. The minimum atomic E-state index is -0.155. The third-order valence-corrected chi connectivity index (χ3v) is 5.61. The molecule has 0 saturated carbocycles. The van der Waals surface area contributed by atoms with Crippen LogP contribution in [-0.4, -0.2) is 56.1 Å². The highest BCUT2D eigenvalue weighted by Crippen LogP contribution is 2.39. The second-order valence-electron chi connectivity index (χ2n) is 7.49. The Balaban J connectivity index is 1.45. The van der Waals surface area contributed by atoms with Crippen molar-refractivity contribution >= 4 is 5.91 Å². The first-order valence-electron chi connectivity index (χ1n) is 10.2. The lowest BCUT2D eigenvalue weighted by atomic mass is 9.90. The molecule has 5 heterocycles. The van der Waals surface area contributed by atoms with Crippen molar-refractivity contribution in [3.05, 3.63) is 84.4 Å². The molecule has 0 bridgehead atoms. The number of hydrogen-bond donors (Lipinski definition) is 0. The molecule has 1 aliphatic rings. The molecular weight excluding hydrogens is 408 g/mol. The Kier molecular flexibility index (Phi) is 5.29. The number of amides is 1. The van der Waals surface area contributed by atoms with Crippen LogP contribution in [0.5, 0.6) is 5.88 Å². The lowest BCUT2D eigenvalue weighted by Gasteiger charge is -2.16. The number of carbonyl (C=O) groups excluding carboxylic acids is 1. The molecule has 1 aliphatic heterocycles. The summed E-state index contributed by atoms with van der Waals surface area (Å²) in [4.78, 5) is 32.0. The van der Waals surface area contributed by atoms with Gasteiger partial charge in [-0.15, -0.1) is 0 Å². The van der Waals surface area contributed by atoms with Crippen LogP contribution in [0.4, 0.5) is 0 Å². The van der Waals surface area contributed by atoms with E-state index in [1.807, 2.05) is 30.5 Å². The molecule has 160 valence electrons. The molecule has 0 aliphatic carbocycles. The van der Waals surface area contributed by atoms with E-state index in [0.29, 0.717) is 36.2 Å². The summed E-state index contributed by atoms with van der Waals surface area (Å²) in [5.74, 6) is 1.17. The van der Waals surface area contributed by atoms with E-state index in [2.05, 4.69) is 25.1 Å². The average Bonchev–Trinajstić information content (AvgIpc) is 3.53. The molecule has 0 radical (unpaired) electrons.